The first-order valence-corrected chi connectivity index (χ1v) is 6.22. The van der Waals surface area contributed by atoms with E-state index in [0.29, 0.717) is 6.54 Å². The molecule has 1 aliphatic rings. The van der Waals surface area contributed by atoms with Gasteiger partial charge in [-0.3, -0.25) is 25.0 Å². The minimum Gasteiger partial charge on any atom is -0.481 e. The van der Waals surface area contributed by atoms with Crippen molar-refractivity contribution in [1.82, 2.24) is 0 Å². The molecule has 0 radical (unpaired) electrons. The van der Waals surface area contributed by atoms with Gasteiger partial charge in [0.05, 0.1) is 21.8 Å². The SMILES string of the molecule is CC1CN(c2ccc([N+](=O)[O-])cc2[N+](=O)[O-])CC1C(=O)O. The van der Waals surface area contributed by atoms with Gasteiger partial charge in [0.15, 0.2) is 0 Å². The quantitative estimate of drug-likeness (QED) is 0.660. The molecule has 1 heterocycles. The Morgan fingerprint density at radius 2 is 1.95 bits per heavy atom. The van der Waals surface area contributed by atoms with E-state index in [1.807, 2.05) is 0 Å². The standard InChI is InChI=1S/C12H13N3O6/c1-7-5-13(6-9(7)12(16)17)10-3-2-8(14(18)19)4-11(10)15(20)21/h2-4,7,9H,5-6H2,1H3,(H,16,17). The molecule has 9 heteroatoms. The first-order valence-electron chi connectivity index (χ1n) is 6.22. The van der Waals surface area contributed by atoms with Crippen LogP contribution < -0.4 is 4.90 Å². The molecule has 21 heavy (non-hydrogen) atoms. The Bertz CT molecular complexity index is 617. The van der Waals surface area contributed by atoms with Crippen LogP contribution in [0.25, 0.3) is 0 Å². The zero-order chi connectivity index (χ0) is 15.7. The minimum absolute atomic E-state index is 0.148. The first-order chi connectivity index (χ1) is 9.81. The number of benzene rings is 1. The maximum atomic E-state index is 11.1. The van der Waals surface area contributed by atoms with E-state index in [1.165, 1.54) is 12.1 Å². The van der Waals surface area contributed by atoms with Crippen LogP contribution in [0, 0.1) is 32.1 Å². The van der Waals surface area contributed by atoms with Crippen LogP contribution in [0.4, 0.5) is 17.1 Å². The van der Waals surface area contributed by atoms with Gasteiger partial charge in [0.1, 0.15) is 5.69 Å². The number of nitro benzene ring substituents is 2. The van der Waals surface area contributed by atoms with E-state index >= 15 is 0 Å². The van der Waals surface area contributed by atoms with Crippen LogP contribution >= 0.6 is 0 Å². The number of nitro groups is 2. The lowest BCUT2D eigenvalue weighted by Crippen LogP contribution is -2.23. The van der Waals surface area contributed by atoms with Gasteiger partial charge in [-0.2, -0.15) is 0 Å². The molecule has 2 rings (SSSR count). The number of rotatable bonds is 4. The highest BCUT2D eigenvalue weighted by molar-refractivity contribution is 5.74. The number of carboxylic acids is 1. The molecular weight excluding hydrogens is 282 g/mol. The molecule has 1 aromatic carbocycles. The smallest absolute Gasteiger partial charge is 0.308 e. The van der Waals surface area contributed by atoms with E-state index in [2.05, 4.69) is 0 Å². The maximum Gasteiger partial charge on any atom is 0.308 e. The molecule has 1 saturated heterocycles. The molecule has 1 aliphatic heterocycles. The molecule has 0 spiro atoms. The second kappa shape index (κ2) is 5.35. The van der Waals surface area contributed by atoms with Crippen molar-refractivity contribution in [3.05, 3.63) is 38.4 Å². The number of anilines is 1. The van der Waals surface area contributed by atoms with Crippen LogP contribution in [0.3, 0.4) is 0 Å². The number of hydrogen-bond acceptors (Lipinski definition) is 6. The highest BCUT2D eigenvalue weighted by Crippen LogP contribution is 2.36. The Kier molecular flexibility index (Phi) is 3.74. The Labute approximate surface area is 119 Å². The van der Waals surface area contributed by atoms with Gasteiger partial charge in [0, 0.05) is 19.2 Å². The molecular formula is C12H13N3O6. The minimum atomic E-state index is -0.949. The summed E-state index contributed by atoms with van der Waals surface area (Å²) in [5.74, 6) is -1.72. The Hall–Kier alpha value is -2.71. The van der Waals surface area contributed by atoms with Crippen molar-refractivity contribution in [1.29, 1.82) is 0 Å². The second-order valence-electron chi connectivity index (χ2n) is 5.01. The molecule has 0 aromatic heterocycles. The Morgan fingerprint density at radius 3 is 2.43 bits per heavy atom. The monoisotopic (exact) mass is 295 g/mol. The van der Waals surface area contributed by atoms with Crippen molar-refractivity contribution in [2.45, 2.75) is 6.92 Å². The van der Waals surface area contributed by atoms with Crippen molar-refractivity contribution in [3.8, 4) is 0 Å². The summed E-state index contributed by atoms with van der Waals surface area (Å²) in [5.41, 5.74) is -0.545. The van der Waals surface area contributed by atoms with E-state index in [0.717, 1.165) is 6.07 Å². The number of hydrogen-bond donors (Lipinski definition) is 1. The largest absolute Gasteiger partial charge is 0.481 e. The topological polar surface area (TPSA) is 127 Å². The van der Waals surface area contributed by atoms with Crippen LogP contribution in [0.1, 0.15) is 6.92 Å². The molecule has 2 unspecified atom stereocenters. The lowest BCUT2D eigenvalue weighted by molar-refractivity contribution is -0.393. The van der Waals surface area contributed by atoms with Crippen LogP contribution in [0.2, 0.25) is 0 Å². The molecule has 1 fully saturated rings. The fraction of sp³-hybridized carbons (Fsp3) is 0.417. The molecule has 1 aromatic rings. The summed E-state index contributed by atoms with van der Waals surface area (Å²) in [6.45, 7) is 2.26. The summed E-state index contributed by atoms with van der Waals surface area (Å²) >= 11 is 0. The number of carboxylic acid groups (broad SMARTS) is 1. The predicted octanol–water partition coefficient (Wildman–Crippen LogP) is 1.66. The van der Waals surface area contributed by atoms with E-state index in [1.54, 1.807) is 11.8 Å². The van der Waals surface area contributed by atoms with Crippen molar-refractivity contribution < 1.29 is 19.7 Å². The number of non-ortho nitro benzene ring substituents is 1. The van der Waals surface area contributed by atoms with E-state index in [9.17, 15) is 25.0 Å². The maximum absolute atomic E-state index is 11.1. The van der Waals surface area contributed by atoms with E-state index < -0.39 is 21.7 Å². The normalized spacial score (nSPS) is 21.3. The highest BCUT2D eigenvalue weighted by atomic mass is 16.6. The summed E-state index contributed by atoms with van der Waals surface area (Å²) in [5, 5.41) is 30.9. The number of nitrogens with zero attached hydrogens (tertiary/aromatic N) is 3. The van der Waals surface area contributed by atoms with Crippen LogP contribution in [0.5, 0.6) is 0 Å². The third-order valence-corrected chi connectivity index (χ3v) is 3.64. The third-order valence-electron chi connectivity index (χ3n) is 3.64. The van der Waals surface area contributed by atoms with Gasteiger partial charge in [0.25, 0.3) is 11.4 Å². The molecule has 0 bridgehead atoms. The zero-order valence-electron chi connectivity index (χ0n) is 11.1. The molecule has 9 nitrogen and oxygen atoms in total. The molecule has 0 aliphatic carbocycles. The van der Waals surface area contributed by atoms with Gasteiger partial charge in [0.2, 0.25) is 0 Å². The second-order valence-corrected chi connectivity index (χ2v) is 5.01. The molecule has 1 N–H and O–H groups in total. The van der Waals surface area contributed by atoms with E-state index in [-0.39, 0.29) is 29.5 Å². The fourth-order valence-corrected chi connectivity index (χ4v) is 2.52. The predicted molar refractivity (Wildman–Crippen MR) is 72.3 cm³/mol. The van der Waals surface area contributed by atoms with Crippen molar-refractivity contribution in [3.63, 3.8) is 0 Å². The Morgan fingerprint density at radius 1 is 1.29 bits per heavy atom. The van der Waals surface area contributed by atoms with Gasteiger partial charge < -0.3 is 10.0 Å². The zero-order valence-corrected chi connectivity index (χ0v) is 11.1. The number of carbonyl (C=O) groups is 1. The lowest BCUT2D eigenvalue weighted by atomic mass is 9.99. The van der Waals surface area contributed by atoms with Gasteiger partial charge in [-0.05, 0) is 12.0 Å². The number of aliphatic carboxylic acids is 1. The van der Waals surface area contributed by atoms with Crippen molar-refractivity contribution >= 4 is 23.0 Å². The summed E-state index contributed by atoms with van der Waals surface area (Å²) in [4.78, 5) is 33.1. The summed E-state index contributed by atoms with van der Waals surface area (Å²) in [6.07, 6.45) is 0. The van der Waals surface area contributed by atoms with Crippen LogP contribution in [-0.2, 0) is 4.79 Å². The van der Waals surface area contributed by atoms with E-state index in [4.69, 9.17) is 5.11 Å². The first kappa shape index (κ1) is 14.7. The Balaban J connectivity index is 2.38. The average Bonchev–Trinajstić information content (AvgIpc) is 2.80. The third kappa shape index (κ3) is 2.76. The lowest BCUT2D eigenvalue weighted by Gasteiger charge is -2.17. The van der Waals surface area contributed by atoms with Crippen LogP contribution in [0.15, 0.2) is 18.2 Å². The molecule has 0 saturated carbocycles. The van der Waals surface area contributed by atoms with Gasteiger partial charge in [-0.1, -0.05) is 6.92 Å². The molecule has 0 amide bonds. The molecule has 2 atom stereocenters. The van der Waals surface area contributed by atoms with Crippen LogP contribution in [-0.4, -0.2) is 34.0 Å². The van der Waals surface area contributed by atoms with Gasteiger partial charge in [-0.25, -0.2) is 0 Å². The fourth-order valence-electron chi connectivity index (χ4n) is 2.52. The van der Waals surface area contributed by atoms with Gasteiger partial charge in [-0.15, -0.1) is 0 Å². The molecule has 112 valence electrons. The average molecular weight is 295 g/mol. The summed E-state index contributed by atoms with van der Waals surface area (Å²) in [6, 6.07) is 3.38. The summed E-state index contributed by atoms with van der Waals surface area (Å²) in [7, 11) is 0. The highest BCUT2D eigenvalue weighted by Gasteiger charge is 2.37. The summed E-state index contributed by atoms with van der Waals surface area (Å²) < 4.78 is 0. The van der Waals surface area contributed by atoms with Crippen molar-refractivity contribution in [2.24, 2.45) is 11.8 Å². The van der Waals surface area contributed by atoms with Crippen molar-refractivity contribution in [2.75, 3.05) is 18.0 Å². The van der Waals surface area contributed by atoms with Gasteiger partial charge >= 0.3 is 5.97 Å².